The molecule has 1 fully saturated rings. The molecule has 118 valence electrons. The second-order valence-electron chi connectivity index (χ2n) is 6.61. The predicted molar refractivity (Wildman–Crippen MR) is 88.8 cm³/mol. The van der Waals surface area contributed by atoms with E-state index in [2.05, 4.69) is 32.6 Å². The lowest BCUT2D eigenvalue weighted by Gasteiger charge is -2.35. The van der Waals surface area contributed by atoms with E-state index in [1.165, 1.54) is 0 Å². The molecule has 0 saturated carbocycles. The van der Waals surface area contributed by atoms with Gasteiger partial charge in [0.05, 0.1) is 0 Å². The highest BCUT2D eigenvalue weighted by molar-refractivity contribution is 6.31. The Morgan fingerprint density at radius 1 is 1.24 bits per heavy atom. The molecule has 21 heavy (non-hydrogen) atoms. The average Bonchev–Trinajstić information content (AvgIpc) is 2.48. The molecule has 1 atom stereocenters. The Morgan fingerprint density at radius 3 is 2.38 bits per heavy atom. The largest absolute Gasteiger partial charge is 0.301 e. The lowest BCUT2D eigenvalue weighted by molar-refractivity contribution is 0.171. The summed E-state index contributed by atoms with van der Waals surface area (Å²) in [6.45, 7) is 10.7. The van der Waals surface area contributed by atoms with Gasteiger partial charge in [0.25, 0.3) is 0 Å². The van der Waals surface area contributed by atoms with Gasteiger partial charge in [-0.25, -0.2) is 4.39 Å². The van der Waals surface area contributed by atoms with Crippen LogP contribution in [0, 0.1) is 5.82 Å². The van der Waals surface area contributed by atoms with Gasteiger partial charge in [-0.2, -0.15) is 0 Å². The standard InChI is InChI=1S/C18H27ClFN/c1-5-13(4)15-11-18(20)16(10-17(15)19)14-6-8-21(9-7-14)12(2)3/h10-14H,5-9H2,1-4H3. The minimum atomic E-state index is -0.0716. The molecule has 1 saturated heterocycles. The number of hydrogen-bond acceptors (Lipinski definition) is 1. The summed E-state index contributed by atoms with van der Waals surface area (Å²) in [7, 11) is 0. The summed E-state index contributed by atoms with van der Waals surface area (Å²) in [5.41, 5.74) is 1.76. The number of nitrogens with zero attached hydrogens (tertiary/aromatic N) is 1. The molecule has 1 aliphatic heterocycles. The Balaban J connectivity index is 2.16. The van der Waals surface area contributed by atoms with Crippen LogP contribution in [0.5, 0.6) is 0 Å². The van der Waals surface area contributed by atoms with E-state index in [1.54, 1.807) is 6.07 Å². The minimum Gasteiger partial charge on any atom is -0.301 e. The van der Waals surface area contributed by atoms with Crippen molar-refractivity contribution in [3.63, 3.8) is 0 Å². The molecule has 0 amide bonds. The Kier molecular flexibility index (Phi) is 5.67. The molecule has 0 bridgehead atoms. The van der Waals surface area contributed by atoms with Crippen LogP contribution in [-0.4, -0.2) is 24.0 Å². The zero-order chi connectivity index (χ0) is 15.6. The first kappa shape index (κ1) is 16.8. The Morgan fingerprint density at radius 2 is 1.86 bits per heavy atom. The molecule has 0 aromatic heterocycles. The molecule has 1 aliphatic rings. The number of piperidine rings is 1. The number of hydrogen-bond donors (Lipinski definition) is 0. The van der Waals surface area contributed by atoms with Gasteiger partial charge in [0, 0.05) is 11.1 Å². The van der Waals surface area contributed by atoms with Gasteiger partial charge in [0.1, 0.15) is 5.82 Å². The van der Waals surface area contributed by atoms with Crippen LogP contribution in [0.3, 0.4) is 0 Å². The quantitative estimate of drug-likeness (QED) is 0.701. The molecule has 1 aromatic rings. The third-order valence-corrected chi connectivity index (χ3v) is 5.29. The number of halogens is 2. The van der Waals surface area contributed by atoms with Crippen molar-refractivity contribution in [2.75, 3.05) is 13.1 Å². The van der Waals surface area contributed by atoms with Crippen molar-refractivity contribution < 1.29 is 4.39 Å². The summed E-state index contributed by atoms with van der Waals surface area (Å²) in [6, 6.07) is 4.13. The number of likely N-dealkylation sites (tertiary alicyclic amines) is 1. The third kappa shape index (κ3) is 3.78. The minimum absolute atomic E-state index is 0.0716. The molecular formula is C18H27ClFN. The Bertz CT molecular complexity index is 478. The molecule has 1 heterocycles. The van der Waals surface area contributed by atoms with Crippen molar-refractivity contribution in [2.24, 2.45) is 0 Å². The second-order valence-corrected chi connectivity index (χ2v) is 7.02. The van der Waals surface area contributed by atoms with Crippen LogP contribution in [0.25, 0.3) is 0 Å². The first-order valence-electron chi connectivity index (χ1n) is 8.16. The maximum absolute atomic E-state index is 14.5. The average molecular weight is 312 g/mol. The SMILES string of the molecule is CCC(C)c1cc(F)c(C2CCN(C(C)C)CC2)cc1Cl. The van der Waals surface area contributed by atoms with Gasteiger partial charge in [-0.05, 0) is 81.3 Å². The predicted octanol–water partition coefficient (Wildman–Crippen LogP) is 5.58. The molecule has 3 heteroatoms. The van der Waals surface area contributed by atoms with Gasteiger partial charge < -0.3 is 4.90 Å². The summed E-state index contributed by atoms with van der Waals surface area (Å²) in [5.74, 6) is 0.546. The van der Waals surface area contributed by atoms with Crippen LogP contribution in [0.2, 0.25) is 5.02 Å². The molecule has 0 N–H and O–H groups in total. The van der Waals surface area contributed by atoms with Crippen molar-refractivity contribution in [1.29, 1.82) is 0 Å². The number of benzene rings is 1. The maximum atomic E-state index is 14.5. The summed E-state index contributed by atoms with van der Waals surface area (Å²) in [6.07, 6.45) is 3.02. The van der Waals surface area contributed by atoms with E-state index in [0.29, 0.717) is 17.9 Å². The molecule has 1 aromatic carbocycles. The Hall–Kier alpha value is -0.600. The fraction of sp³-hybridized carbons (Fsp3) is 0.667. The van der Waals surface area contributed by atoms with Crippen molar-refractivity contribution in [3.8, 4) is 0 Å². The smallest absolute Gasteiger partial charge is 0.127 e. The van der Waals surface area contributed by atoms with E-state index in [-0.39, 0.29) is 5.82 Å². The normalized spacial score (nSPS) is 19.2. The summed E-state index contributed by atoms with van der Waals surface area (Å²) in [5, 5.41) is 0.729. The highest BCUT2D eigenvalue weighted by Crippen LogP contribution is 2.36. The van der Waals surface area contributed by atoms with E-state index in [1.807, 2.05) is 6.07 Å². The van der Waals surface area contributed by atoms with Gasteiger partial charge in [0.15, 0.2) is 0 Å². The van der Waals surface area contributed by atoms with Crippen molar-refractivity contribution in [1.82, 2.24) is 4.90 Å². The van der Waals surface area contributed by atoms with Crippen LogP contribution < -0.4 is 0 Å². The first-order valence-corrected chi connectivity index (χ1v) is 8.54. The van der Waals surface area contributed by atoms with Crippen LogP contribution in [0.4, 0.5) is 4.39 Å². The fourth-order valence-electron chi connectivity index (χ4n) is 3.21. The number of rotatable bonds is 4. The molecule has 2 rings (SSSR count). The summed E-state index contributed by atoms with van der Waals surface area (Å²) in [4.78, 5) is 2.46. The third-order valence-electron chi connectivity index (χ3n) is 4.96. The molecular weight excluding hydrogens is 285 g/mol. The van der Waals surface area contributed by atoms with Gasteiger partial charge >= 0.3 is 0 Å². The van der Waals surface area contributed by atoms with Crippen LogP contribution in [-0.2, 0) is 0 Å². The van der Waals surface area contributed by atoms with Gasteiger partial charge in [-0.1, -0.05) is 25.4 Å². The van der Waals surface area contributed by atoms with Crippen LogP contribution in [0.15, 0.2) is 12.1 Å². The van der Waals surface area contributed by atoms with E-state index >= 15 is 0 Å². The van der Waals surface area contributed by atoms with Crippen LogP contribution >= 0.6 is 11.6 Å². The van der Waals surface area contributed by atoms with E-state index in [9.17, 15) is 4.39 Å². The van der Waals surface area contributed by atoms with Crippen molar-refractivity contribution >= 4 is 11.6 Å². The molecule has 0 spiro atoms. The van der Waals surface area contributed by atoms with E-state index in [0.717, 1.165) is 48.5 Å². The lowest BCUT2D eigenvalue weighted by Crippen LogP contribution is -2.38. The van der Waals surface area contributed by atoms with Gasteiger partial charge in [-0.3, -0.25) is 0 Å². The zero-order valence-corrected chi connectivity index (χ0v) is 14.4. The second kappa shape index (κ2) is 7.11. The van der Waals surface area contributed by atoms with E-state index in [4.69, 9.17) is 11.6 Å². The highest BCUT2D eigenvalue weighted by atomic mass is 35.5. The summed E-state index contributed by atoms with van der Waals surface area (Å²) < 4.78 is 14.5. The maximum Gasteiger partial charge on any atom is 0.127 e. The molecule has 1 nitrogen and oxygen atoms in total. The zero-order valence-electron chi connectivity index (χ0n) is 13.6. The highest BCUT2D eigenvalue weighted by Gasteiger charge is 2.25. The summed E-state index contributed by atoms with van der Waals surface area (Å²) >= 11 is 6.40. The fourth-order valence-corrected chi connectivity index (χ4v) is 3.57. The van der Waals surface area contributed by atoms with E-state index < -0.39 is 0 Å². The van der Waals surface area contributed by atoms with Crippen molar-refractivity contribution in [3.05, 3.63) is 34.1 Å². The van der Waals surface area contributed by atoms with Crippen molar-refractivity contribution in [2.45, 2.75) is 64.8 Å². The van der Waals surface area contributed by atoms with Crippen LogP contribution in [0.1, 0.15) is 69.9 Å². The molecule has 1 unspecified atom stereocenters. The first-order chi connectivity index (χ1) is 9.93. The molecule has 0 aliphatic carbocycles. The lowest BCUT2D eigenvalue weighted by atomic mass is 9.86. The molecule has 0 radical (unpaired) electrons. The monoisotopic (exact) mass is 311 g/mol. The topological polar surface area (TPSA) is 3.24 Å². The van der Waals surface area contributed by atoms with Gasteiger partial charge in [0.2, 0.25) is 0 Å². The Labute approximate surface area is 133 Å². The van der Waals surface area contributed by atoms with Gasteiger partial charge in [-0.15, -0.1) is 0 Å².